The molecule has 36 heavy (non-hydrogen) atoms. The molecule has 3 fully saturated rings. The Kier molecular flexibility index (Phi) is 6.15. The van der Waals surface area contributed by atoms with Gasteiger partial charge in [-0.05, 0) is 39.2 Å². The lowest BCUT2D eigenvalue weighted by molar-refractivity contribution is 0.0998. The van der Waals surface area contributed by atoms with Crippen LogP contribution in [-0.4, -0.2) is 54.8 Å². The molecule has 2 N–H and O–H groups in total. The molecule has 1 aliphatic carbocycles. The van der Waals surface area contributed by atoms with Crippen LogP contribution < -0.4 is 16.2 Å². The molecule has 1 saturated carbocycles. The topological polar surface area (TPSA) is 80.8 Å². The van der Waals surface area contributed by atoms with E-state index in [1.807, 2.05) is 18.9 Å². The Bertz CT molecular complexity index is 1230. The minimum absolute atomic E-state index is 0.0791. The van der Waals surface area contributed by atoms with Crippen LogP contribution in [0.25, 0.3) is 0 Å². The molecular formula is C26H31F3N4O3. The zero-order chi connectivity index (χ0) is 25.9. The largest absolute Gasteiger partial charge is 0.379 e. The van der Waals surface area contributed by atoms with Crippen molar-refractivity contribution in [1.82, 2.24) is 9.47 Å². The molecule has 0 spiro atoms. The van der Waals surface area contributed by atoms with Gasteiger partial charge in [-0.25, -0.2) is 13.2 Å². The molecular weight excluding hydrogens is 473 g/mol. The van der Waals surface area contributed by atoms with Crippen LogP contribution in [-0.2, 0) is 10.3 Å². The van der Waals surface area contributed by atoms with Crippen molar-refractivity contribution < 1.29 is 22.7 Å². The van der Waals surface area contributed by atoms with Gasteiger partial charge in [-0.15, -0.1) is 0 Å². The summed E-state index contributed by atoms with van der Waals surface area (Å²) in [6.07, 6.45) is -0.876. The Morgan fingerprint density at radius 2 is 1.92 bits per heavy atom. The number of amides is 1. The number of carbonyl (C=O) groups excluding carboxylic acids is 1. The highest BCUT2D eigenvalue weighted by atomic mass is 19.3. The van der Waals surface area contributed by atoms with E-state index in [2.05, 4.69) is 4.90 Å². The average Bonchev–Trinajstić information content (AvgIpc) is 3.12. The first-order valence-corrected chi connectivity index (χ1v) is 12.2. The van der Waals surface area contributed by atoms with Gasteiger partial charge in [0.25, 0.3) is 17.9 Å². The third-order valence-electron chi connectivity index (χ3n) is 8.17. The van der Waals surface area contributed by atoms with Crippen molar-refractivity contribution in [3.05, 3.63) is 63.3 Å². The van der Waals surface area contributed by atoms with Crippen LogP contribution in [0.5, 0.6) is 0 Å². The Hall–Kier alpha value is -2.85. The summed E-state index contributed by atoms with van der Waals surface area (Å²) >= 11 is 0. The Morgan fingerprint density at radius 3 is 2.50 bits per heavy atom. The van der Waals surface area contributed by atoms with Gasteiger partial charge in [0.15, 0.2) is 0 Å². The number of piperidine rings is 1. The van der Waals surface area contributed by atoms with Gasteiger partial charge in [-0.2, -0.15) is 0 Å². The van der Waals surface area contributed by atoms with Gasteiger partial charge in [0.05, 0.1) is 35.0 Å². The second-order valence-electron chi connectivity index (χ2n) is 10.6. The number of fused-ring (bicyclic) bond motifs is 1. The lowest BCUT2D eigenvalue weighted by Crippen LogP contribution is -2.42. The molecule has 2 unspecified atom stereocenters. The number of hydrogen-bond donors (Lipinski definition) is 1. The fraction of sp³-hybridized carbons (Fsp3) is 0.538. The minimum atomic E-state index is -2.96. The van der Waals surface area contributed by atoms with Crippen LogP contribution in [0.1, 0.15) is 54.2 Å². The van der Waals surface area contributed by atoms with Crippen molar-refractivity contribution in [2.24, 2.45) is 17.6 Å². The van der Waals surface area contributed by atoms with Gasteiger partial charge in [0, 0.05) is 43.6 Å². The van der Waals surface area contributed by atoms with Crippen LogP contribution in [0.15, 0.2) is 35.3 Å². The number of carbonyl (C=O) groups is 1. The number of benzene rings is 1. The summed E-state index contributed by atoms with van der Waals surface area (Å²) in [5, 5.41) is 0. The fourth-order valence-electron chi connectivity index (χ4n) is 6.15. The summed E-state index contributed by atoms with van der Waals surface area (Å²) in [5.41, 5.74) is 4.72. The quantitative estimate of drug-likeness (QED) is 0.626. The van der Waals surface area contributed by atoms with Crippen molar-refractivity contribution in [2.75, 3.05) is 38.3 Å². The molecule has 194 valence electrons. The maximum atomic E-state index is 15.3. The summed E-state index contributed by atoms with van der Waals surface area (Å²) in [6.45, 7) is 6.06. The number of anilines is 1. The normalized spacial score (nSPS) is 28.4. The highest BCUT2D eigenvalue weighted by molar-refractivity contribution is 5.98. The number of alkyl halides is 2. The van der Waals surface area contributed by atoms with Crippen LogP contribution in [0, 0.1) is 17.7 Å². The molecule has 4 atom stereocenters. The van der Waals surface area contributed by atoms with Gasteiger partial charge < -0.3 is 24.8 Å². The van der Waals surface area contributed by atoms with Crippen LogP contribution in [0.3, 0.4) is 0 Å². The molecule has 0 radical (unpaired) electrons. The third kappa shape index (κ3) is 4.00. The molecule has 2 aromatic rings. The first-order chi connectivity index (χ1) is 17.0. The van der Waals surface area contributed by atoms with Crippen LogP contribution in [0.2, 0.25) is 0 Å². The second kappa shape index (κ2) is 8.92. The van der Waals surface area contributed by atoms with E-state index in [-0.39, 0.29) is 34.6 Å². The maximum absolute atomic E-state index is 15.3. The molecule has 0 bridgehead atoms. The molecule has 3 heterocycles. The van der Waals surface area contributed by atoms with Crippen molar-refractivity contribution in [3.8, 4) is 0 Å². The summed E-state index contributed by atoms with van der Waals surface area (Å²) < 4.78 is 49.2. The first kappa shape index (κ1) is 24.8. The van der Waals surface area contributed by atoms with E-state index in [1.165, 1.54) is 29.0 Å². The number of rotatable bonds is 7. The van der Waals surface area contributed by atoms with Crippen LogP contribution >= 0.6 is 0 Å². The number of likely N-dealkylation sites (tertiary alicyclic amines) is 1. The molecule has 1 aromatic carbocycles. The number of ether oxygens (including phenoxy) is 1. The van der Waals surface area contributed by atoms with Gasteiger partial charge in [0.2, 0.25) is 0 Å². The van der Waals surface area contributed by atoms with Crippen LogP contribution in [0.4, 0.5) is 18.9 Å². The van der Waals surface area contributed by atoms with Crippen molar-refractivity contribution >= 4 is 11.6 Å². The number of aromatic nitrogens is 1. The van der Waals surface area contributed by atoms with Gasteiger partial charge in [-0.1, -0.05) is 18.2 Å². The Morgan fingerprint density at radius 1 is 1.25 bits per heavy atom. The van der Waals surface area contributed by atoms with Gasteiger partial charge >= 0.3 is 0 Å². The summed E-state index contributed by atoms with van der Waals surface area (Å²) in [4.78, 5) is 30.1. The molecule has 1 aromatic heterocycles. The molecule has 3 aliphatic rings. The molecule has 7 nitrogen and oxygen atoms in total. The van der Waals surface area contributed by atoms with E-state index < -0.39 is 35.3 Å². The average molecular weight is 505 g/mol. The molecule has 5 rings (SSSR count). The zero-order valence-corrected chi connectivity index (χ0v) is 20.6. The third-order valence-corrected chi connectivity index (χ3v) is 8.17. The number of nitrogens with two attached hydrogens (primary N) is 1. The summed E-state index contributed by atoms with van der Waals surface area (Å²) in [5.74, 6) is -1.19. The van der Waals surface area contributed by atoms with E-state index in [1.54, 1.807) is 6.92 Å². The highest BCUT2D eigenvalue weighted by Crippen LogP contribution is 2.53. The van der Waals surface area contributed by atoms with Gasteiger partial charge in [0.1, 0.15) is 5.82 Å². The van der Waals surface area contributed by atoms with Crippen molar-refractivity contribution in [2.45, 2.75) is 44.3 Å². The number of halogens is 3. The number of pyridine rings is 1. The van der Waals surface area contributed by atoms with Crippen molar-refractivity contribution in [3.63, 3.8) is 0 Å². The molecule has 2 aliphatic heterocycles. The predicted molar refractivity (Wildman–Crippen MR) is 129 cm³/mol. The highest BCUT2D eigenvalue weighted by Gasteiger charge is 2.59. The van der Waals surface area contributed by atoms with E-state index in [0.29, 0.717) is 25.3 Å². The standard InChI is InChI=1S/C26H31F3N4O3/c1-14(15-5-4-6-16(22(15)27)24(28)29)33(23-17-10-31(3)11-18(17)23)20-9-21(34)32(12-19(20)25(30)35)26(2)7-8-36-13-26/h4-6,9,12,14,17-18,23-24H,7-8,10-11,13H2,1-3H3,(H2,30,35)/t14-,17?,18?,23?,26-/m1/s1. The fourth-order valence-corrected chi connectivity index (χ4v) is 6.15. The predicted octanol–water partition coefficient (Wildman–Crippen LogP) is 3.29. The second-order valence-corrected chi connectivity index (χ2v) is 10.6. The molecule has 2 saturated heterocycles. The Balaban J connectivity index is 1.64. The van der Waals surface area contributed by atoms with E-state index in [4.69, 9.17) is 10.5 Å². The number of nitrogens with zero attached hydrogens (tertiary/aromatic N) is 3. The molecule has 1 amide bonds. The lowest BCUT2D eigenvalue weighted by Gasteiger charge is -2.36. The monoisotopic (exact) mass is 504 g/mol. The summed E-state index contributed by atoms with van der Waals surface area (Å²) in [7, 11) is 2.02. The van der Waals surface area contributed by atoms with Crippen molar-refractivity contribution in [1.29, 1.82) is 0 Å². The Labute approximate surface area is 207 Å². The SMILES string of the molecule is C[C@H](c1cccc(C(F)F)c1F)N(c1cc(=O)n([C@]2(C)CCOC2)cc1C(N)=O)C1C2CN(C)CC21. The van der Waals surface area contributed by atoms with Gasteiger partial charge in [-0.3, -0.25) is 9.59 Å². The zero-order valence-electron chi connectivity index (χ0n) is 20.6. The molecule has 10 heteroatoms. The smallest absolute Gasteiger partial charge is 0.266 e. The van der Waals surface area contributed by atoms with E-state index >= 15 is 4.39 Å². The first-order valence-electron chi connectivity index (χ1n) is 12.2. The summed E-state index contributed by atoms with van der Waals surface area (Å²) in [6, 6.07) is 4.54. The number of hydrogen-bond acceptors (Lipinski definition) is 5. The van der Waals surface area contributed by atoms with E-state index in [0.717, 1.165) is 19.2 Å². The minimum Gasteiger partial charge on any atom is -0.379 e. The van der Waals surface area contributed by atoms with E-state index in [9.17, 15) is 18.4 Å². The lowest BCUT2D eigenvalue weighted by atomic mass is 9.99. The number of primary amides is 1. The maximum Gasteiger partial charge on any atom is 0.266 e.